The van der Waals surface area contributed by atoms with E-state index in [0.29, 0.717) is 22.6 Å². The first-order valence-electron chi connectivity index (χ1n) is 5.93. The molecule has 0 saturated carbocycles. The van der Waals surface area contributed by atoms with Gasteiger partial charge in [0.05, 0.1) is 11.4 Å². The molecule has 0 aliphatic heterocycles. The van der Waals surface area contributed by atoms with E-state index in [0.717, 1.165) is 0 Å². The zero-order chi connectivity index (χ0) is 16.0. The van der Waals surface area contributed by atoms with Gasteiger partial charge in [0.25, 0.3) is 0 Å². The van der Waals surface area contributed by atoms with Crippen molar-refractivity contribution in [1.82, 2.24) is 10.9 Å². The van der Waals surface area contributed by atoms with Gasteiger partial charge in [0, 0.05) is 11.1 Å². The molecule has 112 valence electrons. The van der Waals surface area contributed by atoms with Gasteiger partial charge in [0.15, 0.2) is 0 Å². The average Bonchev–Trinajstić information content (AvgIpc) is 2.41. The number of aromatic hydroxyl groups is 1. The summed E-state index contributed by atoms with van der Waals surface area (Å²) < 4.78 is 0. The zero-order valence-corrected chi connectivity index (χ0v) is 11.7. The maximum absolute atomic E-state index is 9.76. The van der Waals surface area contributed by atoms with Crippen LogP contribution in [-0.4, -0.2) is 28.4 Å². The molecule has 0 amide bonds. The molecule has 1 aromatic carbocycles. The lowest BCUT2D eigenvalue weighted by molar-refractivity contribution is 0.475. The molecule has 21 heavy (non-hydrogen) atoms. The Bertz CT molecular complexity index is 569. The summed E-state index contributed by atoms with van der Waals surface area (Å²) in [5, 5.41) is 31.7. The van der Waals surface area contributed by atoms with E-state index in [-0.39, 0.29) is 17.7 Å². The van der Waals surface area contributed by atoms with Gasteiger partial charge in [0.2, 0.25) is 11.9 Å². The fraction of sp³-hybridized carbons (Fsp3) is 0.167. The minimum atomic E-state index is -0.280. The first kappa shape index (κ1) is 16.0. The van der Waals surface area contributed by atoms with Crippen molar-refractivity contribution in [2.24, 2.45) is 21.7 Å². The lowest BCUT2D eigenvalue weighted by atomic mass is 10.0. The first-order chi connectivity index (χ1) is 9.79. The fourth-order valence-electron chi connectivity index (χ4n) is 1.45. The Morgan fingerprint density at radius 1 is 0.952 bits per heavy atom. The molecule has 9 N–H and O–H groups in total. The predicted octanol–water partition coefficient (Wildman–Crippen LogP) is -0.194. The van der Waals surface area contributed by atoms with Crippen LogP contribution in [0.2, 0.25) is 0 Å². The monoisotopic (exact) mass is 290 g/mol. The van der Waals surface area contributed by atoms with E-state index >= 15 is 0 Å². The maximum atomic E-state index is 9.76. The summed E-state index contributed by atoms with van der Waals surface area (Å²) in [5.74, 6) is -0.520. The quantitative estimate of drug-likeness (QED) is 0.231. The van der Waals surface area contributed by atoms with E-state index in [4.69, 9.17) is 22.3 Å². The van der Waals surface area contributed by atoms with Crippen molar-refractivity contribution in [3.8, 4) is 5.75 Å². The normalized spacial score (nSPS) is 11.9. The highest BCUT2D eigenvalue weighted by Crippen LogP contribution is 2.17. The Kier molecular flexibility index (Phi) is 5.24. The second-order valence-electron chi connectivity index (χ2n) is 4.21. The molecule has 0 bridgehead atoms. The number of guanidine groups is 2. The highest BCUT2D eigenvalue weighted by molar-refractivity contribution is 6.04. The summed E-state index contributed by atoms with van der Waals surface area (Å²) in [7, 11) is 0. The van der Waals surface area contributed by atoms with Crippen molar-refractivity contribution < 1.29 is 5.11 Å². The van der Waals surface area contributed by atoms with E-state index in [1.165, 1.54) is 12.1 Å². The molecule has 0 unspecified atom stereocenters. The van der Waals surface area contributed by atoms with E-state index in [9.17, 15) is 5.11 Å². The van der Waals surface area contributed by atoms with Gasteiger partial charge in [-0.2, -0.15) is 10.2 Å². The van der Waals surface area contributed by atoms with Gasteiger partial charge in [-0.05, 0) is 32.0 Å². The second-order valence-corrected chi connectivity index (χ2v) is 4.21. The van der Waals surface area contributed by atoms with Crippen LogP contribution < -0.4 is 22.3 Å². The molecule has 0 spiro atoms. The summed E-state index contributed by atoms with van der Waals surface area (Å²) in [4.78, 5) is 0. The third kappa shape index (κ3) is 5.19. The summed E-state index contributed by atoms with van der Waals surface area (Å²) in [5.41, 5.74) is 17.3. The molecule has 9 heteroatoms. The van der Waals surface area contributed by atoms with Crippen LogP contribution >= 0.6 is 0 Å². The van der Waals surface area contributed by atoms with E-state index in [1.54, 1.807) is 19.9 Å². The lowest BCUT2D eigenvalue weighted by Crippen LogP contribution is -2.26. The van der Waals surface area contributed by atoms with Crippen LogP contribution in [0.1, 0.15) is 25.0 Å². The van der Waals surface area contributed by atoms with Gasteiger partial charge in [-0.15, -0.1) is 0 Å². The number of benzene rings is 1. The number of phenolic OH excluding ortho intramolecular Hbond substituents is 1. The van der Waals surface area contributed by atoms with E-state index in [1.807, 2.05) is 0 Å². The Morgan fingerprint density at radius 2 is 1.33 bits per heavy atom. The number of nitrogens with zero attached hydrogens (tertiary/aromatic N) is 2. The minimum Gasteiger partial charge on any atom is -0.508 e. The third-order valence-corrected chi connectivity index (χ3v) is 2.44. The van der Waals surface area contributed by atoms with Crippen LogP contribution in [0, 0.1) is 10.8 Å². The van der Waals surface area contributed by atoms with Gasteiger partial charge < -0.3 is 16.6 Å². The van der Waals surface area contributed by atoms with Gasteiger partial charge in [-0.1, -0.05) is 0 Å². The first-order valence-corrected chi connectivity index (χ1v) is 5.93. The Balaban J connectivity index is 3.10. The highest BCUT2D eigenvalue weighted by Gasteiger charge is 2.06. The number of phenols is 1. The van der Waals surface area contributed by atoms with Gasteiger partial charge in [-0.25, -0.2) is 10.9 Å². The van der Waals surface area contributed by atoms with Crippen LogP contribution in [-0.2, 0) is 0 Å². The van der Waals surface area contributed by atoms with Crippen LogP contribution in [0.4, 0.5) is 0 Å². The Hall–Kier alpha value is -3.10. The van der Waals surface area contributed by atoms with Gasteiger partial charge in [0.1, 0.15) is 5.75 Å². The highest BCUT2D eigenvalue weighted by atomic mass is 16.3. The number of hydrogen-bond donors (Lipinski definition) is 7. The van der Waals surface area contributed by atoms with Crippen LogP contribution in [0.25, 0.3) is 0 Å². The molecule has 0 heterocycles. The molecule has 0 aliphatic carbocycles. The molecular formula is C12H18N8O. The summed E-state index contributed by atoms with van der Waals surface area (Å²) in [6, 6.07) is 4.80. The molecule has 0 aliphatic rings. The van der Waals surface area contributed by atoms with Crippen LogP contribution in [0.3, 0.4) is 0 Å². The van der Waals surface area contributed by atoms with Crippen molar-refractivity contribution in [3.05, 3.63) is 29.3 Å². The maximum Gasteiger partial charge on any atom is 0.206 e. The molecule has 0 radical (unpaired) electrons. The molecule has 0 atom stereocenters. The molecular weight excluding hydrogens is 272 g/mol. The number of hydrogen-bond acceptors (Lipinski definition) is 5. The van der Waals surface area contributed by atoms with Crippen molar-refractivity contribution in [2.75, 3.05) is 0 Å². The Morgan fingerprint density at radius 3 is 1.67 bits per heavy atom. The standard InChI is InChI=1S/C12H18N8O/c1-6(17-19-11(13)14)8-3-9(5-10(21)4-8)7(2)18-20-12(15)16/h3-5,21H,1-2H3,(H4,13,14,19)(H4,15,16,20)/b17-6+,18-7+. The van der Waals surface area contributed by atoms with E-state index < -0.39 is 0 Å². The lowest BCUT2D eigenvalue weighted by Gasteiger charge is -2.07. The topological polar surface area (TPSA) is 169 Å². The smallest absolute Gasteiger partial charge is 0.206 e. The molecule has 0 fully saturated rings. The van der Waals surface area contributed by atoms with Crippen molar-refractivity contribution in [3.63, 3.8) is 0 Å². The minimum absolute atomic E-state index is 0.0391. The Labute approximate surface area is 121 Å². The summed E-state index contributed by atoms with van der Waals surface area (Å²) >= 11 is 0. The number of rotatable bonds is 4. The number of hydrazone groups is 2. The van der Waals surface area contributed by atoms with Crippen LogP contribution in [0.15, 0.2) is 28.4 Å². The number of nitrogens with two attached hydrogens (primary N) is 2. The van der Waals surface area contributed by atoms with Gasteiger partial charge >= 0.3 is 0 Å². The van der Waals surface area contributed by atoms with E-state index in [2.05, 4.69) is 21.1 Å². The molecule has 1 aromatic rings. The van der Waals surface area contributed by atoms with Crippen molar-refractivity contribution >= 4 is 23.3 Å². The molecule has 0 aromatic heterocycles. The average molecular weight is 290 g/mol. The van der Waals surface area contributed by atoms with Crippen LogP contribution in [0.5, 0.6) is 5.75 Å². The van der Waals surface area contributed by atoms with Gasteiger partial charge in [-0.3, -0.25) is 10.8 Å². The number of nitrogens with one attached hydrogen (secondary N) is 4. The second kappa shape index (κ2) is 6.89. The van der Waals surface area contributed by atoms with Crippen molar-refractivity contribution in [2.45, 2.75) is 13.8 Å². The molecule has 1 rings (SSSR count). The van der Waals surface area contributed by atoms with Crippen molar-refractivity contribution in [1.29, 1.82) is 10.8 Å². The summed E-state index contributed by atoms with van der Waals surface area (Å²) in [6.45, 7) is 3.41. The third-order valence-electron chi connectivity index (χ3n) is 2.44. The molecule has 9 nitrogen and oxygen atoms in total. The fourth-order valence-corrected chi connectivity index (χ4v) is 1.45. The predicted molar refractivity (Wildman–Crippen MR) is 82.6 cm³/mol. The SMILES string of the molecule is C/C(=N\NC(=N)N)c1cc(O)cc(/C(C)=N/NC(=N)N)c1. The largest absolute Gasteiger partial charge is 0.508 e. The zero-order valence-electron chi connectivity index (χ0n) is 11.7. The molecule has 0 saturated heterocycles. The summed E-state index contributed by atoms with van der Waals surface area (Å²) in [6.07, 6.45) is 0.